The van der Waals surface area contributed by atoms with Crippen molar-refractivity contribution in [2.75, 3.05) is 0 Å². The molecule has 108 valence electrons. The van der Waals surface area contributed by atoms with Crippen LogP contribution in [0.15, 0.2) is 6.33 Å². The van der Waals surface area contributed by atoms with E-state index < -0.39 is 5.97 Å². The number of aromatic nitrogens is 4. The van der Waals surface area contributed by atoms with Crippen LogP contribution in [0.1, 0.15) is 26.6 Å². The first kappa shape index (κ1) is 14.0. The van der Waals surface area contributed by atoms with Crippen molar-refractivity contribution in [1.82, 2.24) is 19.7 Å². The first-order valence-electron chi connectivity index (χ1n) is 6.11. The van der Waals surface area contributed by atoms with Crippen LogP contribution < -0.4 is 0 Å². The maximum absolute atomic E-state index is 11.3. The van der Waals surface area contributed by atoms with E-state index in [4.69, 9.17) is 11.6 Å². The Morgan fingerprint density at radius 3 is 2.62 bits per heavy atom. The van der Waals surface area contributed by atoms with E-state index in [-0.39, 0.29) is 4.88 Å². The first-order valence-corrected chi connectivity index (χ1v) is 7.30. The van der Waals surface area contributed by atoms with Gasteiger partial charge in [0.15, 0.2) is 5.82 Å². The number of aryl methyl sites for hydroxylation is 2. The number of carbonyl (C=O) groups is 1. The van der Waals surface area contributed by atoms with Gasteiger partial charge in [0.05, 0.1) is 21.8 Å². The number of hydrogen-bond acceptors (Lipinski definition) is 5. The topological polar surface area (TPSA) is 80.9 Å². The molecule has 0 aliphatic rings. The summed E-state index contributed by atoms with van der Waals surface area (Å²) in [6, 6.07) is 0. The van der Waals surface area contributed by atoms with Crippen molar-refractivity contribution in [2.45, 2.75) is 20.8 Å². The SMILES string of the molecule is Cc1nn(-c2ncnc3sc(C(=O)O)c(C)c23)c(C)c1Cl. The molecule has 0 atom stereocenters. The Kier molecular flexibility index (Phi) is 3.18. The lowest BCUT2D eigenvalue weighted by Crippen LogP contribution is -2.04. The molecule has 0 saturated heterocycles. The van der Waals surface area contributed by atoms with Crippen LogP contribution in [0.5, 0.6) is 0 Å². The molecule has 3 aromatic heterocycles. The van der Waals surface area contributed by atoms with Crippen LogP contribution in [0.4, 0.5) is 0 Å². The van der Waals surface area contributed by atoms with Crippen molar-refractivity contribution in [3.8, 4) is 5.82 Å². The van der Waals surface area contributed by atoms with E-state index in [1.807, 2.05) is 13.8 Å². The molecule has 21 heavy (non-hydrogen) atoms. The standard InChI is InChI=1S/C13H11ClN4O2S/c1-5-8-11(18-7(3)9(14)6(2)17-18)15-4-16-12(8)21-10(5)13(19)20/h4H,1-3H3,(H,19,20). The van der Waals surface area contributed by atoms with Gasteiger partial charge in [-0.1, -0.05) is 11.6 Å². The van der Waals surface area contributed by atoms with E-state index in [1.54, 1.807) is 11.6 Å². The van der Waals surface area contributed by atoms with Crippen LogP contribution >= 0.6 is 22.9 Å². The van der Waals surface area contributed by atoms with Crippen molar-refractivity contribution in [1.29, 1.82) is 0 Å². The molecule has 1 N–H and O–H groups in total. The van der Waals surface area contributed by atoms with Gasteiger partial charge in [-0.15, -0.1) is 11.3 Å². The van der Waals surface area contributed by atoms with Crippen LogP contribution in [0.25, 0.3) is 16.0 Å². The number of aromatic carboxylic acids is 1. The van der Waals surface area contributed by atoms with Gasteiger partial charge in [0.2, 0.25) is 0 Å². The Hall–Kier alpha value is -1.99. The summed E-state index contributed by atoms with van der Waals surface area (Å²) in [6.45, 7) is 5.41. The number of thiophene rings is 1. The van der Waals surface area contributed by atoms with Crippen molar-refractivity contribution < 1.29 is 9.90 Å². The number of halogens is 1. The van der Waals surface area contributed by atoms with E-state index in [2.05, 4.69) is 15.1 Å². The number of fused-ring (bicyclic) bond motifs is 1. The molecule has 0 saturated carbocycles. The number of carboxylic acids is 1. The largest absolute Gasteiger partial charge is 0.477 e. The number of carboxylic acid groups (broad SMARTS) is 1. The zero-order valence-electron chi connectivity index (χ0n) is 11.5. The minimum absolute atomic E-state index is 0.263. The number of nitrogens with zero attached hydrogens (tertiary/aromatic N) is 4. The molecule has 0 aliphatic carbocycles. The predicted octanol–water partition coefficient (Wildman–Crippen LogP) is 3.15. The highest BCUT2D eigenvalue weighted by atomic mass is 35.5. The Balaban J connectivity index is 2.38. The highest BCUT2D eigenvalue weighted by Gasteiger charge is 2.21. The predicted molar refractivity (Wildman–Crippen MR) is 80.7 cm³/mol. The minimum Gasteiger partial charge on any atom is -0.477 e. The van der Waals surface area contributed by atoms with Gasteiger partial charge in [0.1, 0.15) is 16.0 Å². The Labute approximate surface area is 129 Å². The molecule has 0 radical (unpaired) electrons. The van der Waals surface area contributed by atoms with E-state index in [0.29, 0.717) is 32.3 Å². The smallest absolute Gasteiger partial charge is 0.346 e. The normalized spacial score (nSPS) is 11.2. The van der Waals surface area contributed by atoms with E-state index in [1.165, 1.54) is 6.33 Å². The minimum atomic E-state index is -0.965. The highest BCUT2D eigenvalue weighted by Crippen LogP contribution is 2.33. The molecule has 0 amide bonds. The van der Waals surface area contributed by atoms with Crippen molar-refractivity contribution in [3.05, 3.63) is 33.2 Å². The molecule has 6 nitrogen and oxygen atoms in total. The Bertz CT molecular complexity index is 884. The van der Waals surface area contributed by atoms with Crippen molar-refractivity contribution in [3.63, 3.8) is 0 Å². The summed E-state index contributed by atoms with van der Waals surface area (Å²) in [4.78, 5) is 20.6. The van der Waals surface area contributed by atoms with Crippen LogP contribution in [0.2, 0.25) is 5.02 Å². The van der Waals surface area contributed by atoms with Gasteiger partial charge in [-0.25, -0.2) is 19.4 Å². The van der Waals surface area contributed by atoms with Gasteiger partial charge in [-0.2, -0.15) is 5.10 Å². The molecule has 3 heterocycles. The quantitative estimate of drug-likeness (QED) is 0.783. The second-order valence-corrected chi connectivity index (χ2v) is 6.01. The van der Waals surface area contributed by atoms with Gasteiger partial charge in [0.25, 0.3) is 0 Å². The average Bonchev–Trinajstić information content (AvgIpc) is 2.92. The van der Waals surface area contributed by atoms with Gasteiger partial charge in [0, 0.05) is 0 Å². The van der Waals surface area contributed by atoms with Crippen molar-refractivity contribution in [2.24, 2.45) is 0 Å². The third-order valence-electron chi connectivity index (χ3n) is 3.30. The van der Waals surface area contributed by atoms with Crippen LogP contribution in [0.3, 0.4) is 0 Å². The fraction of sp³-hybridized carbons (Fsp3) is 0.231. The summed E-state index contributed by atoms with van der Waals surface area (Å²) in [7, 11) is 0. The maximum atomic E-state index is 11.3. The lowest BCUT2D eigenvalue weighted by atomic mass is 10.2. The molecular formula is C13H11ClN4O2S. The van der Waals surface area contributed by atoms with Crippen LogP contribution in [-0.2, 0) is 0 Å². The van der Waals surface area contributed by atoms with E-state index >= 15 is 0 Å². The summed E-state index contributed by atoms with van der Waals surface area (Å²) >= 11 is 7.31. The lowest BCUT2D eigenvalue weighted by molar-refractivity contribution is 0.0701. The summed E-state index contributed by atoms with van der Waals surface area (Å²) in [6.07, 6.45) is 1.41. The van der Waals surface area contributed by atoms with Gasteiger partial charge >= 0.3 is 5.97 Å². The van der Waals surface area contributed by atoms with Crippen molar-refractivity contribution >= 4 is 39.1 Å². The fourth-order valence-electron chi connectivity index (χ4n) is 2.25. The molecule has 0 spiro atoms. The van der Waals surface area contributed by atoms with Crippen LogP contribution in [-0.4, -0.2) is 30.8 Å². The highest BCUT2D eigenvalue weighted by molar-refractivity contribution is 7.20. The molecule has 8 heteroatoms. The second kappa shape index (κ2) is 4.78. The average molecular weight is 323 g/mol. The summed E-state index contributed by atoms with van der Waals surface area (Å²) in [5, 5.41) is 14.9. The Morgan fingerprint density at radius 2 is 2.05 bits per heavy atom. The third kappa shape index (κ3) is 2.00. The van der Waals surface area contributed by atoms with Gasteiger partial charge < -0.3 is 5.11 Å². The lowest BCUT2D eigenvalue weighted by Gasteiger charge is -2.05. The third-order valence-corrected chi connectivity index (χ3v) is 5.04. The molecular weight excluding hydrogens is 312 g/mol. The summed E-state index contributed by atoms with van der Waals surface area (Å²) < 4.78 is 1.63. The number of rotatable bonds is 2. The van der Waals surface area contributed by atoms with Gasteiger partial charge in [-0.3, -0.25) is 0 Å². The van der Waals surface area contributed by atoms with E-state index in [9.17, 15) is 9.90 Å². The molecule has 0 aromatic carbocycles. The zero-order valence-corrected chi connectivity index (χ0v) is 13.1. The van der Waals surface area contributed by atoms with Gasteiger partial charge in [-0.05, 0) is 26.3 Å². The monoisotopic (exact) mass is 322 g/mol. The molecule has 0 fully saturated rings. The fourth-order valence-corrected chi connectivity index (χ4v) is 3.35. The zero-order chi connectivity index (χ0) is 15.3. The summed E-state index contributed by atoms with van der Waals surface area (Å²) in [5.74, 6) is -0.415. The first-order chi connectivity index (χ1) is 9.91. The molecule has 0 unspecified atom stereocenters. The Morgan fingerprint density at radius 1 is 1.33 bits per heavy atom. The molecule has 3 rings (SSSR count). The molecule has 0 aliphatic heterocycles. The molecule has 3 aromatic rings. The van der Waals surface area contributed by atoms with Crippen LogP contribution in [0, 0.1) is 20.8 Å². The summed E-state index contributed by atoms with van der Waals surface area (Å²) in [5.41, 5.74) is 2.10. The van der Waals surface area contributed by atoms with E-state index in [0.717, 1.165) is 17.0 Å². The number of hydrogen-bond donors (Lipinski definition) is 1. The molecule has 0 bridgehead atoms. The second-order valence-electron chi connectivity index (χ2n) is 4.64. The maximum Gasteiger partial charge on any atom is 0.346 e.